The summed E-state index contributed by atoms with van der Waals surface area (Å²) in [5.41, 5.74) is 1.50. The molecule has 0 unspecified atom stereocenters. The standard InChI is InChI=1S/C17H19FN6O2/c1-10-8-24-15(17(26)20-10)14(21-22-24)16(25)19-7-11-4-5-13(18)12(6-11)9-23(2)3/h4-6,8H,7,9H2,1-3H3,(H,19,25)(H,20,26). The highest BCUT2D eigenvalue weighted by Gasteiger charge is 2.18. The van der Waals surface area contributed by atoms with Gasteiger partial charge in [-0.05, 0) is 38.7 Å². The fraction of sp³-hybridized carbons (Fsp3) is 0.294. The van der Waals surface area contributed by atoms with Crippen molar-refractivity contribution in [2.45, 2.75) is 20.0 Å². The molecule has 3 aromatic rings. The first-order chi connectivity index (χ1) is 12.3. The van der Waals surface area contributed by atoms with Gasteiger partial charge in [-0.25, -0.2) is 8.91 Å². The third-order valence-electron chi connectivity index (χ3n) is 3.80. The van der Waals surface area contributed by atoms with Crippen LogP contribution in [0.15, 0.2) is 29.2 Å². The molecule has 0 saturated carbocycles. The first-order valence-electron chi connectivity index (χ1n) is 8.00. The monoisotopic (exact) mass is 358 g/mol. The number of rotatable bonds is 5. The number of aromatic nitrogens is 4. The number of aryl methyl sites for hydroxylation is 1. The number of nitrogens with zero attached hydrogens (tertiary/aromatic N) is 4. The average Bonchev–Trinajstić information content (AvgIpc) is 2.99. The van der Waals surface area contributed by atoms with Gasteiger partial charge in [0.2, 0.25) is 0 Å². The third-order valence-corrected chi connectivity index (χ3v) is 3.80. The minimum atomic E-state index is -0.521. The minimum absolute atomic E-state index is 0.0538. The van der Waals surface area contributed by atoms with Crippen molar-refractivity contribution in [3.63, 3.8) is 0 Å². The number of hydrogen-bond donors (Lipinski definition) is 2. The fourth-order valence-corrected chi connectivity index (χ4v) is 2.67. The highest BCUT2D eigenvalue weighted by atomic mass is 19.1. The van der Waals surface area contributed by atoms with E-state index in [9.17, 15) is 14.0 Å². The molecule has 136 valence electrons. The van der Waals surface area contributed by atoms with E-state index in [-0.39, 0.29) is 23.6 Å². The van der Waals surface area contributed by atoms with Crippen LogP contribution >= 0.6 is 0 Å². The summed E-state index contributed by atoms with van der Waals surface area (Å²) >= 11 is 0. The summed E-state index contributed by atoms with van der Waals surface area (Å²) in [5.74, 6) is -0.812. The predicted molar refractivity (Wildman–Crippen MR) is 93.3 cm³/mol. The molecular weight excluding hydrogens is 339 g/mol. The van der Waals surface area contributed by atoms with Crippen molar-refractivity contribution in [3.05, 3.63) is 63.1 Å². The van der Waals surface area contributed by atoms with Crippen LogP contribution in [-0.4, -0.2) is 44.7 Å². The number of hydrogen-bond acceptors (Lipinski definition) is 5. The smallest absolute Gasteiger partial charge is 0.276 e. The van der Waals surface area contributed by atoms with Crippen LogP contribution in [0.5, 0.6) is 0 Å². The molecule has 0 radical (unpaired) electrons. The lowest BCUT2D eigenvalue weighted by molar-refractivity contribution is 0.0947. The number of amides is 1. The molecule has 3 rings (SSSR count). The molecule has 0 spiro atoms. The van der Waals surface area contributed by atoms with Crippen LogP contribution in [0.25, 0.3) is 5.52 Å². The SMILES string of the molecule is Cc1cn2nnc(C(=O)NCc3ccc(F)c(CN(C)C)c3)c2c(=O)[nH]1. The maximum absolute atomic E-state index is 13.8. The topological polar surface area (TPSA) is 95.4 Å². The molecule has 0 aliphatic heterocycles. The number of fused-ring (bicyclic) bond motifs is 1. The summed E-state index contributed by atoms with van der Waals surface area (Å²) in [7, 11) is 3.70. The van der Waals surface area contributed by atoms with E-state index in [1.807, 2.05) is 19.0 Å². The second-order valence-corrected chi connectivity index (χ2v) is 6.34. The van der Waals surface area contributed by atoms with Gasteiger partial charge in [0.25, 0.3) is 11.5 Å². The van der Waals surface area contributed by atoms with Crippen LogP contribution < -0.4 is 10.9 Å². The van der Waals surface area contributed by atoms with Gasteiger partial charge in [0.15, 0.2) is 11.2 Å². The molecule has 8 nitrogen and oxygen atoms in total. The van der Waals surface area contributed by atoms with Crippen molar-refractivity contribution in [2.75, 3.05) is 14.1 Å². The van der Waals surface area contributed by atoms with E-state index >= 15 is 0 Å². The Morgan fingerprint density at radius 3 is 2.88 bits per heavy atom. The zero-order chi connectivity index (χ0) is 18.8. The summed E-state index contributed by atoms with van der Waals surface area (Å²) in [6, 6.07) is 4.69. The molecule has 0 aliphatic carbocycles. The lowest BCUT2D eigenvalue weighted by Crippen LogP contribution is -2.25. The van der Waals surface area contributed by atoms with Crippen molar-refractivity contribution in [3.8, 4) is 0 Å². The quantitative estimate of drug-likeness (QED) is 0.705. The Kier molecular flexibility index (Phi) is 4.81. The lowest BCUT2D eigenvalue weighted by Gasteiger charge is -2.12. The Morgan fingerprint density at radius 2 is 2.15 bits per heavy atom. The van der Waals surface area contributed by atoms with Crippen molar-refractivity contribution in [1.29, 1.82) is 0 Å². The van der Waals surface area contributed by atoms with E-state index < -0.39 is 11.5 Å². The van der Waals surface area contributed by atoms with Crippen LogP contribution in [0, 0.1) is 12.7 Å². The Labute approximate surface area is 148 Å². The van der Waals surface area contributed by atoms with Gasteiger partial charge in [0.05, 0.1) is 6.20 Å². The number of aromatic amines is 1. The van der Waals surface area contributed by atoms with Gasteiger partial charge in [-0.3, -0.25) is 9.59 Å². The first kappa shape index (κ1) is 17.7. The normalized spacial score (nSPS) is 11.3. The zero-order valence-corrected chi connectivity index (χ0v) is 14.7. The highest BCUT2D eigenvalue weighted by molar-refractivity contribution is 5.98. The van der Waals surface area contributed by atoms with Gasteiger partial charge in [0, 0.05) is 24.3 Å². The molecule has 0 saturated heterocycles. The van der Waals surface area contributed by atoms with Crippen LogP contribution in [0.3, 0.4) is 0 Å². The Morgan fingerprint density at radius 1 is 1.38 bits per heavy atom. The van der Waals surface area contributed by atoms with E-state index in [0.717, 1.165) is 5.56 Å². The van der Waals surface area contributed by atoms with Gasteiger partial charge in [0.1, 0.15) is 5.82 Å². The molecule has 0 bridgehead atoms. The fourth-order valence-electron chi connectivity index (χ4n) is 2.67. The minimum Gasteiger partial charge on any atom is -0.346 e. The lowest BCUT2D eigenvalue weighted by atomic mass is 10.1. The maximum atomic E-state index is 13.8. The number of benzene rings is 1. The molecule has 2 heterocycles. The van der Waals surface area contributed by atoms with Crippen molar-refractivity contribution in [2.24, 2.45) is 0 Å². The molecule has 0 fully saturated rings. The molecule has 1 aromatic carbocycles. The average molecular weight is 358 g/mol. The van der Waals surface area contributed by atoms with Crippen molar-refractivity contribution in [1.82, 2.24) is 30.0 Å². The molecule has 1 amide bonds. The highest BCUT2D eigenvalue weighted by Crippen LogP contribution is 2.12. The summed E-state index contributed by atoms with van der Waals surface area (Å²) in [4.78, 5) is 28.9. The third kappa shape index (κ3) is 3.62. The zero-order valence-electron chi connectivity index (χ0n) is 14.7. The summed E-state index contributed by atoms with van der Waals surface area (Å²) < 4.78 is 15.1. The van der Waals surface area contributed by atoms with E-state index in [0.29, 0.717) is 17.8 Å². The van der Waals surface area contributed by atoms with Crippen LogP contribution in [0.4, 0.5) is 4.39 Å². The molecule has 9 heteroatoms. The van der Waals surface area contributed by atoms with Crippen LogP contribution in [-0.2, 0) is 13.1 Å². The number of carbonyl (C=O) groups excluding carboxylic acids is 1. The van der Waals surface area contributed by atoms with E-state index in [2.05, 4.69) is 20.6 Å². The second kappa shape index (κ2) is 7.04. The Bertz CT molecular complexity index is 1020. The summed E-state index contributed by atoms with van der Waals surface area (Å²) in [5, 5.41) is 10.3. The van der Waals surface area contributed by atoms with Gasteiger partial charge < -0.3 is 15.2 Å². The largest absolute Gasteiger partial charge is 0.346 e. The Hall–Kier alpha value is -3.07. The summed E-state index contributed by atoms with van der Waals surface area (Å²) in [6.07, 6.45) is 1.58. The molecule has 0 aliphatic rings. The molecule has 0 atom stereocenters. The van der Waals surface area contributed by atoms with Crippen molar-refractivity contribution >= 4 is 11.4 Å². The molecular formula is C17H19FN6O2. The van der Waals surface area contributed by atoms with Gasteiger partial charge in [-0.1, -0.05) is 11.3 Å². The number of halogens is 1. The summed E-state index contributed by atoms with van der Waals surface area (Å²) in [6.45, 7) is 2.35. The van der Waals surface area contributed by atoms with E-state index in [4.69, 9.17) is 0 Å². The first-order valence-corrected chi connectivity index (χ1v) is 8.00. The molecule has 2 N–H and O–H groups in total. The van der Waals surface area contributed by atoms with E-state index in [1.165, 1.54) is 10.6 Å². The molecule has 26 heavy (non-hydrogen) atoms. The second-order valence-electron chi connectivity index (χ2n) is 6.34. The van der Waals surface area contributed by atoms with Gasteiger partial charge in [-0.15, -0.1) is 5.10 Å². The number of H-pyrrole nitrogens is 1. The van der Waals surface area contributed by atoms with Gasteiger partial charge >= 0.3 is 0 Å². The van der Waals surface area contributed by atoms with Crippen molar-refractivity contribution < 1.29 is 9.18 Å². The number of nitrogens with one attached hydrogen (secondary N) is 2. The van der Waals surface area contributed by atoms with E-state index in [1.54, 1.807) is 25.3 Å². The predicted octanol–water partition coefficient (Wildman–Crippen LogP) is 0.857. The van der Waals surface area contributed by atoms with Crippen LogP contribution in [0.2, 0.25) is 0 Å². The Balaban J connectivity index is 1.79. The number of carbonyl (C=O) groups is 1. The van der Waals surface area contributed by atoms with Crippen LogP contribution in [0.1, 0.15) is 27.3 Å². The maximum Gasteiger partial charge on any atom is 0.276 e. The molecule has 2 aromatic heterocycles. The van der Waals surface area contributed by atoms with Gasteiger partial charge in [-0.2, -0.15) is 0 Å².